The van der Waals surface area contributed by atoms with Crippen molar-refractivity contribution in [3.63, 3.8) is 0 Å². The zero-order valence-electron chi connectivity index (χ0n) is 17.1. The molecule has 0 aliphatic heterocycles. The maximum absolute atomic E-state index is 13.0. The molecule has 152 valence electrons. The van der Waals surface area contributed by atoms with Gasteiger partial charge in [0.25, 0.3) is 5.91 Å². The summed E-state index contributed by atoms with van der Waals surface area (Å²) in [7, 11) is 3.39. The Labute approximate surface area is 178 Å². The lowest BCUT2D eigenvalue weighted by Crippen LogP contribution is -2.24. The minimum atomic E-state index is -1.33. The summed E-state index contributed by atoms with van der Waals surface area (Å²) in [6.07, 6.45) is 3.51. The van der Waals surface area contributed by atoms with Crippen LogP contribution in [-0.2, 0) is 16.9 Å². The van der Waals surface area contributed by atoms with Gasteiger partial charge in [0.15, 0.2) is 4.90 Å². The summed E-state index contributed by atoms with van der Waals surface area (Å²) in [5, 5.41) is 0. The summed E-state index contributed by atoms with van der Waals surface area (Å²) in [6, 6.07) is 17.0. The molecule has 0 radical (unpaired) electrons. The lowest BCUT2D eigenvalue weighted by Gasteiger charge is -2.16. The molecule has 2 aromatic carbocycles. The number of rotatable bonds is 5. The van der Waals surface area contributed by atoms with Crippen LogP contribution in [0.15, 0.2) is 71.9 Å². The third-order valence-electron chi connectivity index (χ3n) is 4.89. The molecule has 30 heavy (non-hydrogen) atoms. The molecule has 1 unspecified atom stereocenters. The zero-order chi connectivity index (χ0) is 21.3. The number of hydrogen-bond acceptors (Lipinski definition) is 4. The summed E-state index contributed by atoms with van der Waals surface area (Å²) in [5.41, 5.74) is 4.25. The van der Waals surface area contributed by atoms with Gasteiger partial charge in [0.1, 0.15) is 17.1 Å². The van der Waals surface area contributed by atoms with Crippen molar-refractivity contribution < 1.29 is 9.35 Å². The Morgan fingerprint density at radius 3 is 2.57 bits per heavy atom. The van der Waals surface area contributed by atoms with Gasteiger partial charge in [-0.15, -0.1) is 0 Å². The van der Waals surface area contributed by atoms with Crippen molar-refractivity contribution in [1.29, 1.82) is 0 Å². The van der Waals surface area contributed by atoms with Crippen molar-refractivity contribution in [1.82, 2.24) is 19.4 Å². The molecule has 4 aromatic rings. The van der Waals surface area contributed by atoms with E-state index in [1.807, 2.05) is 43.3 Å². The van der Waals surface area contributed by atoms with Crippen molar-refractivity contribution >= 4 is 28.1 Å². The summed E-state index contributed by atoms with van der Waals surface area (Å²) in [4.78, 5) is 23.2. The Balaban J connectivity index is 1.59. The quantitative estimate of drug-likeness (QED) is 0.463. The molecule has 2 heterocycles. The first kappa shape index (κ1) is 20.1. The van der Waals surface area contributed by atoms with Crippen molar-refractivity contribution in [3.05, 3.63) is 83.9 Å². The lowest BCUT2D eigenvalue weighted by atomic mass is 10.2. The van der Waals surface area contributed by atoms with Crippen LogP contribution in [-0.4, -0.2) is 44.0 Å². The van der Waals surface area contributed by atoms with Crippen LogP contribution in [0.5, 0.6) is 0 Å². The number of imidazole rings is 1. The highest BCUT2D eigenvalue weighted by Gasteiger charge is 2.22. The molecule has 2 aromatic heterocycles. The maximum atomic E-state index is 13.0. The Hall–Kier alpha value is -3.16. The molecular weight excluding hydrogens is 396 g/mol. The lowest BCUT2D eigenvalue weighted by molar-refractivity contribution is 0.0824. The number of nitrogens with zero attached hydrogens (tertiary/aromatic N) is 4. The zero-order valence-corrected chi connectivity index (χ0v) is 17.9. The number of pyridine rings is 1. The third kappa shape index (κ3) is 3.81. The van der Waals surface area contributed by atoms with E-state index in [9.17, 15) is 9.35 Å². The molecule has 7 heteroatoms. The Morgan fingerprint density at radius 1 is 1.10 bits per heavy atom. The number of carbonyl (C=O) groups is 1. The second kappa shape index (κ2) is 8.30. The molecule has 6 nitrogen and oxygen atoms in total. The largest absolute Gasteiger partial charge is 0.611 e. The second-order valence-electron chi connectivity index (χ2n) is 7.21. The van der Waals surface area contributed by atoms with E-state index in [0.717, 1.165) is 28.1 Å². The van der Waals surface area contributed by atoms with E-state index in [1.54, 1.807) is 44.7 Å². The molecule has 0 aliphatic carbocycles. The van der Waals surface area contributed by atoms with Crippen LogP contribution < -0.4 is 0 Å². The van der Waals surface area contributed by atoms with Crippen LogP contribution in [0.2, 0.25) is 0 Å². The number of hydrogen-bond donors (Lipinski definition) is 0. The van der Waals surface area contributed by atoms with Gasteiger partial charge in [0.2, 0.25) is 0 Å². The molecule has 1 amide bonds. The van der Waals surface area contributed by atoms with E-state index in [1.165, 1.54) is 4.90 Å². The van der Waals surface area contributed by atoms with Gasteiger partial charge in [-0.3, -0.25) is 14.3 Å². The van der Waals surface area contributed by atoms with Gasteiger partial charge in [0, 0.05) is 31.5 Å². The molecule has 0 saturated carbocycles. The van der Waals surface area contributed by atoms with E-state index >= 15 is 0 Å². The van der Waals surface area contributed by atoms with Gasteiger partial charge in [-0.05, 0) is 48.4 Å². The number of aryl methyl sites for hydroxylation is 1. The number of benzene rings is 2. The normalized spacial score (nSPS) is 12.1. The van der Waals surface area contributed by atoms with E-state index in [0.29, 0.717) is 16.2 Å². The fraction of sp³-hybridized carbons (Fsp3) is 0.174. The smallest absolute Gasteiger partial charge is 0.258 e. The molecule has 0 fully saturated rings. The summed E-state index contributed by atoms with van der Waals surface area (Å²) >= 11 is -1.33. The average Bonchev–Trinajstić information content (AvgIpc) is 3.09. The van der Waals surface area contributed by atoms with Crippen LogP contribution >= 0.6 is 0 Å². The number of carbonyl (C=O) groups excluding carboxylic acids is 1. The van der Waals surface area contributed by atoms with Crippen molar-refractivity contribution in [2.75, 3.05) is 14.1 Å². The number of aromatic nitrogens is 3. The van der Waals surface area contributed by atoms with Gasteiger partial charge in [-0.25, -0.2) is 4.98 Å². The average molecular weight is 419 g/mol. The van der Waals surface area contributed by atoms with Crippen LogP contribution in [0.3, 0.4) is 0 Å². The fourth-order valence-corrected chi connectivity index (χ4v) is 4.71. The van der Waals surface area contributed by atoms with Gasteiger partial charge in [0.05, 0.1) is 17.3 Å². The van der Waals surface area contributed by atoms with E-state index in [2.05, 4.69) is 14.5 Å². The van der Waals surface area contributed by atoms with Gasteiger partial charge >= 0.3 is 0 Å². The Bertz CT molecular complexity index is 1200. The van der Waals surface area contributed by atoms with Crippen LogP contribution in [0, 0.1) is 6.92 Å². The summed E-state index contributed by atoms with van der Waals surface area (Å²) in [5.74, 6) is 1.07. The number of fused-ring (bicyclic) bond motifs is 1. The highest BCUT2D eigenvalue weighted by atomic mass is 32.2. The van der Waals surface area contributed by atoms with Gasteiger partial charge < -0.3 is 9.45 Å². The minimum Gasteiger partial charge on any atom is -0.611 e. The molecule has 0 spiro atoms. The van der Waals surface area contributed by atoms with Gasteiger partial charge in [-0.1, -0.05) is 24.3 Å². The molecule has 0 saturated heterocycles. The Morgan fingerprint density at radius 2 is 1.83 bits per heavy atom. The topological polar surface area (TPSA) is 74.1 Å². The monoisotopic (exact) mass is 418 g/mol. The second-order valence-corrected chi connectivity index (χ2v) is 8.63. The first-order valence-corrected chi connectivity index (χ1v) is 10.8. The van der Waals surface area contributed by atoms with Gasteiger partial charge in [-0.2, -0.15) is 0 Å². The Kier molecular flexibility index (Phi) is 5.57. The minimum absolute atomic E-state index is 0.147. The first-order chi connectivity index (χ1) is 14.5. The molecule has 0 aliphatic rings. The van der Waals surface area contributed by atoms with E-state index in [4.69, 9.17) is 0 Å². The van der Waals surface area contributed by atoms with Crippen LogP contribution in [0.25, 0.3) is 16.7 Å². The van der Waals surface area contributed by atoms with Crippen molar-refractivity contribution in [2.45, 2.75) is 17.6 Å². The predicted molar refractivity (Wildman–Crippen MR) is 118 cm³/mol. The first-order valence-electron chi connectivity index (χ1n) is 9.53. The SMILES string of the molecule is Cc1nc2cnccc2n1-c1ccc(C[S+]([O-])c2ccccc2C(=O)N(C)C)cc1. The van der Waals surface area contributed by atoms with E-state index in [-0.39, 0.29) is 5.91 Å². The van der Waals surface area contributed by atoms with Crippen LogP contribution in [0.4, 0.5) is 0 Å². The summed E-state index contributed by atoms with van der Waals surface area (Å²) in [6.45, 7) is 1.96. The highest BCUT2D eigenvalue weighted by Crippen LogP contribution is 2.24. The maximum Gasteiger partial charge on any atom is 0.258 e. The fourth-order valence-electron chi connectivity index (χ4n) is 3.43. The summed E-state index contributed by atoms with van der Waals surface area (Å²) < 4.78 is 15.1. The molecule has 4 rings (SSSR count). The van der Waals surface area contributed by atoms with Crippen molar-refractivity contribution in [2.24, 2.45) is 0 Å². The third-order valence-corrected chi connectivity index (χ3v) is 6.33. The molecular formula is C23H22N4O2S. The molecule has 1 atom stereocenters. The standard InChI is InChI=1S/C23H22N4O2S/c1-16-25-20-14-24-13-12-21(20)27(16)18-10-8-17(9-11-18)15-30(29)22-7-5-4-6-19(22)23(28)26(2)3/h4-14H,15H2,1-3H3. The number of amides is 1. The van der Waals surface area contributed by atoms with E-state index < -0.39 is 11.2 Å². The van der Waals surface area contributed by atoms with Crippen molar-refractivity contribution in [3.8, 4) is 5.69 Å². The molecule has 0 bridgehead atoms. The molecule has 0 N–H and O–H groups in total. The predicted octanol–water partition coefficient (Wildman–Crippen LogP) is 3.74. The highest BCUT2D eigenvalue weighted by molar-refractivity contribution is 7.90. The van der Waals surface area contributed by atoms with Crippen LogP contribution in [0.1, 0.15) is 21.7 Å².